The molecule has 0 bridgehead atoms. The molecule has 0 radical (unpaired) electrons. The Morgan fingerprint density at radius 3 is 2.45 bits per heavy atom. The molecule has 0 amide bonds. The Labute approximate surface area is 172 Å². The minimum absolute atomic E-state index is 0.707. The summed E-state index contributed by atoms with van der Waals surface area (Å²) in [5.41, 5.74) is 6.26. The van der Waals surface area contributed by atoms with Crippen molar-refractivity contribution in [1.82, 2.24) is 9.55 Å². The zero-order valence-corrected chi connectivity index (χ0v) is 16.8. The van der Waals surface area contributed by atoms with Gasteiger partial charge in [-0.2, -0.15) is 5.26 Å². The summed E-state index contributed by atoms with van der Waals surface area (Å²) in [7, 11) is 0. The minimum Gasteiger partial charge on any atom is -0.323 e. The summed E-state index contributed by atoms with van der Waals surface area (Å²) in [6.07, 6.45) is 4.63. The molecule has 0 unspecified atom stereocenters. The first-order valence-corrected chi connectivity index (χ1v) is 10.3. The summed E-state index contributed by atoms with van der Waals surface area (Å²) in [4.78, 5) is 4.90. The molecule has 4 rings (SSSR count). The van der Waals surface area contributed by atoms with Gasteiger partial charge in [-0.25, -0.2) is 4.98 Å². The molecule has 0 fully saturated rings. The van der Waals surface area contributed by atoms with Crippen LogP contribution in [0.3, 0.4) is 0 Å². The summed E-state index contributed by atoms with van der Waals surface area (Å²) >= 11 is 0. The van der Waals surface area contributed by atoms with Crippen LogP contribution in [-0.4, -0.2) is 9.55 Å². The maximum absolute atomic E-state index is 9.37. The van der Waals surface area contributed by atoms with Gasteiger partial charge >= 0.3 is 0 Å². The lowest BCUT2D eigenvalue weighted by Crippen LogP contribution is -2.05. The SMILES string of the molecule is CCCCCc1nc2ccccc2n1Cc1ccc(-c2ccccc2C#N)cc1. The van der Waals surface area contributed by atoms with E-state index in [0.29, 0.717) is 5.56 Å². The van der Waals surface area contributed by atoms with Crippen molar-refractivity contribution in [3.63, 3.8) is 0 Å². The summed E-state index contributed by atoms with van der Waals surface area (Å²) in [6.45, 7) is 3.04. The Balaban J connectivity index is 1.63. The molecule has 0 N–H and O–H groups in total. The Morgan fingerprint density at radius 2 is 1.66 bits per heavy atom. The van der Waals surface area contributed by atoms with Crippen LogP contribution in [-0.2, 0) is 13.0 Å². The normalized spacial score (nSPS) is 10.9. The average molecular weight is 380 g/mol. The van der Waals surface area contributed by atoms with Crippen molar-refractivity contribution < 1.29 is 0 Å². The van der Waals surface area contributed by atoms with Crippen molar-refractivity contribution in [2.45, 2.75) is 39.2 Å². The Morgan fingerprint density at radius 1 is 0.897 bits per heavy atom. The number of nitriles is 1. The van der Waals surface area contributed by atoms with Crippen LogP contribution in [0.2, 0.25) is 0 Å². The molecule has 0 saturated carbocycles. The molecule has 0 aliphatic heterocycles. The molecule has 3 aromatic carbocycles. The molecule has 3 heteroatoms. The van der Waals surface area contributed by atoms with E-state index in [4.69, 9.17) is 4.98 Å². The van der Waals surface area contributed by atoms with E-state index >= 15 is 0 Å². The predicted molar refractivity (Wildman–Crippen MR) is 119 cm³/mol. The van der Waals surface area contributed by atoms with Gasteiger partial charge < -0.3 is 4.57 Å². The molecule has 144 valence electrons. The van der Waals surface area contributed by atoms with Gasteiger partial charge in [-0.3, -0.25) is 0 Å². The Kier molecular flexibility index (Phi) is 5.72. The van der Waals surface area contributed by atoms with Crippen molar-refractivity contribution in [2.75, 3.05) is 0 Å². The largest absolute Gasteiger partial charge is 0.323 e. The molecule has 0 spiro atoms. The molecule has 1 aromatic heterocycles. The van der Waals surface area contributed by atoms with Crippen LogP contribution in [0, 0.1) is 11.3 Å². The first kappa shape index (κ1) is 19.0. The van der Waals surface area contributed by atoms with E-state index in [1.54, 1.807) is 0 Å². The van der Waals surface area contributed by atoms with E-state index in [-0.39, 0.29) is 0 Å². The second-order valence-electron chi connectivity index (χ2n) is 7.41. The first-order chi connectivity index (χ1) is 14.3. The first-order valence-electron chi connectivity index (χ1n) is 10.3. The van der Waals surface area contributed by atoms with E-state index in [1.165, 1.54) is 36.2 Å². The lowest BCUT2D eigenvalue weighted by Gasteiger charge is -2.11. The lowest BCUT2D eigenvalue weighted by molar-refractivity contribution is 0.659. The number of unbranched alkanes of at least 4 members (excludes halogenated alkanes) is 2. The van der Waals surface area contributed by atoms with Crippen molar-refractivity contribution in [3.8, 4) is 17.2 Å². The molecular formula is C26H25N3. The predicted octanol–water partition coefficient (Wildman–Crippen LogP) is 6.36. The van der Waals surface area contributed by atoms with Crippen molar-refractivity contribution in [1.29, 1.82) is 5.26 Å². The van der Waals surface area contributed by atoms with E-state index < -0.39 is 0 Å². The van der Waals surface area contributed by atoms with Gasteiger partial charge in [0.2, 0.25) is 0 Å². The number of aryl methyl sites for hydroxylation is 1. The third-order valence-electron chi connectivity index (χ3n) is 5.39. The maximum Gasteiger partial charge on any atom is 0.110 e. The molecular weight excluding hydrogens is 354 g/mol. The molecule has 0 saturated heterocycles. The minimum atomic E-state index is 0.707. The van der Waals surface area contributed by atoms with Crippen LogP contribution in [0.5, 0.6) is 0 Å². The molecule has 3 nitrogen and oxygen atoms in total. The smallest absolute Gasteiger partial charge is 0.110 e. The lowest BCUT2D eigenvalue weighted by atomic mass is 9.99. The maximum atomic E-state index is 9.37. The summed E-state index contributed by atoms with van der Waals surface area (Å²) < 4.78 is 2.35. The fourth-order valence-corrected chi connectivity index (χ4v) is 3.83. The third-order valence-corrected chi connectivity index (χ3v) is 5.39. The van der Waals surface area contributed by atoms with Gasteiger partial charge in [0.25, 0.3) is 0 Å². The van der Waals surface area contributed by atoms with Crippen LogP contribution in [0.25, 0.3) is 22.2 Å². The highest BCUT2D eigenvalue weighted by Gasteiger charge is 2.11. The number of aromatic nitrogens is 2. The Hall–Kier alpha value is -3.38. The number of nitrogens with zero attached hydrogens (tertiary/aromatic N) is 3. The highest BCUT2D eigenvalue weighted by molar-refractivity contribution is 5.76. The molecule has 0 atom stereocenters. The van der Waals surface area contributed by atoms with Crippen molar-refractivity contribution in [2.24, 2.45) is 0 Å². The van der Waals surface area contributed by atoms with Crippen LogP contribution < -0.4 is 0 Å². The van der Waals surface area contributed by atoms with Crippen LogP contribution in [0.1, 0.15) is 43.1 Å². The van der Waals surface area contributed by atoms with E-state index in [1.807, 2.05) is 24.3 Å². The molecule has 29 heavy (non-hydrogen) atoms. The van der Waals surface area contributed by atoms with E-state index in [0.717, 1.165) is 29.6 Å². The Bertz CT molecular complexity index is 1150. The standard InChI is InChI=1S/C26H25N3/c1-2-3-4-13-26-28-24-11-7-8-12-25(24)29(26)19-20-14-16-21(17-15-20)23-10-6-5-9-22(23)18-27/h5-12,14-17H,2-4,13,19H2,1H3. The number of benzene rings is 3. The average Bonchev–Trinajstić information content (AvgIpc) is 3.12. The number of fused-ring (bicyclic) bond motifs is 1. The number of hydrogen-bond donors (Lipinski definition) is 0. The second kappa shape index (κ2) is 8.75. The van der Waals surface area contributed by atoms with Gasteiger partial charge in [0.15, 0.2) is 0 Å². The monoisotopic (exact) mass is 379 g/mol. The molecule has 0 aliphatic rings. The second-order valence-corrected chi connectivity index (χ2v) is 7.41. The molecule has 1 heterocycles. The van der Waals surface area contributed by atoms with Gasteiger partial charge in [0, 0.05) is 13.0 Å². The fourth-order valence-electron chi connectivity index (χ4n) is 3.83. The van der Waals surface area contributed by atoms with Crippen LogP contribution >= 0.6 is 0 Å². The highest BCUT2D eigenvalue weighted by Crippen LogP contribution is 2.25. The van der Waals surface area contributed by atoms with Crippen molar-refractivity contribution >= 4 is 11.0 Å². The molecule has 0 aliphatic carbocycles. The van der Waals surface area contributed by atoms with E-state index in [9.17, 15) is 5.26 Å². The zero-order chi connectivity index (χ0) is 20.1. The summed E-state index contributed by atoms with van der Waals surface area (Å²) in [5, 5.41) is 9.37. The van der Waals surface area contributed by atoms with E-state index in [2.05, 4.69) is 66.1 Å². The van der Waals surface area contributed by atoms with Gasteiger partial charge in [0.1, 0.15) is 5.82 Å². The molecule has 4 aromatic rings. The van der Waals surface area contributed by atoms with Crippen LogP contribution in [0.15, 0.2) is 72.8 Å². The topological polar surface area (TPSA) is 41.6 Å². The number of imidazole rings is 1. The van der Waals surface area contributed by atoms with Gasteiger partial charge in [-0.05, 0) is 41.3 Å². The summed E-state index contributed by atoms with van der Waals surface area (Å²) in [5.74, 6) is 1.17. The zero-order valence-electron chi connectivity index (χ0n) is 16.8. The van der Waals surface area contributed by atoms with Gasteiger partial charge in [-0.1, -0.05) is 74.4 Å². The summed E-state index contributed by atoms with van der Waals surface area (Å²) in [6, 6.07) is 27.0. The van der Waals surface area contributed by atoms with Crippen LogP contribution in [0.4, 0.5) is 0 Å². The number of rotatable bonds is 7. The van der Waals surface area contributed by atoms with Gasteiger partial charge in [-0.15, -0.1) is 0 Å². The van der Waals surface area contributed by atoms with Gasteiger partial charge in [0.05, 0.1) is 22.7 Å². The number of para-hydroxylation sites is 2. The highest BCUT2D eigenvalue weighted by atomic mass is 15.1. The van der Waals surface area contributed by atoms with Crippen molar-refractivity contribution in [3.05, 3.63) is 89.7 Å². The fraction of sp³-hybridized carbons (Fsp3) is 0.231. The third kappa shape index (κ3) is 4.07. The quantitative estimate of drug-likeness (QED) is 0.351. The number of hydrogen-bond acceptors (Lipinski definition) is 2.